The third kappa shape index (κ3) is 2.35. The molecule has 0 bridgehead atoms. The van der Waals surface area contributed by atoms with Crippen LogP contribution in [-0.2, 0) is 11.2 Å². The minimum absolute atomic E-state index is 0.0161. The zero-order valence-electron chi connectivity index (χ0n) is 11.7. The zero-order valence-corrected chi connectivity index (χ0v) is 11.7. The van der Waals surface area contributed by atoms with Gasteiger partial charge in [0.1, 0.15) is 5.60 Å². The standard InChI is InChI=1S/C13H21N3O2/c1-8-11-9(2)16(7-6-10(11)15-14-8)12(17)18-13(3,4)5/h9H,6-7H2,1-5H3,(H,14,15). The van der Waals surface area contributed by atoms with Crippen molar-refractivity contribution in [1.82, 2.24) is 15.1 Å². The number of carbonyl (C=O) groups is 1. The van der Waals surface area contributed by atoms with Crippen LogP contribution in [0.5, 0.6) is 0 Å². The molecule has 2 heterocycles. The molecule has 0 radical (unpaired) electrons. The molecule has 100 valence electrons. The van der Waals surface area contributed by atoms with Crippen LogP contribution in [0.4, 0.5) is 4.79 Å². The first kappa shape index (κ1) is 12.9. The van der Waals surface area contributed by atoms with E-state index < -0.39 is 5.60 Å². The molecule has 1 N–H and O–H groups in total. The van der Waals surface area contributed by atoms with Gasteiger partial charge in [0.15, 0.2) is 0 Å². The van der Waals surface area contributed by atoms with Crippen molar-refractivity contribution in [2.24, 2.45) is 0 Å². The monoisotopic (exact) mass is 251 g/mol. The summed E-state index contributed by atoms with van der Waals surface area (Å²) in [6.45, 7) is 10.3. The fraction of sp³-hybridized carbons (Fsp3) is 0.692. The van der Waals surface area contributed by atoms with E-state index in [1.54, 1.807) is 4.90 Å². The van der Waals surface area contributed by atoms with Crippen molar-refractivity contribution in [3.05, 3.63) is 17.0 Å². The molecule has 1 unspecified atom stereocenters. The second kappa shape index (κ2) is 4.30. The highest BCUT2D eigenvalue weighted by Crippen LogP contribution is 2.31. The molecule has 0 saturated heterocycles. The maximum absolute atomic E-state index is 12.1. The lowest BCUT2D eigenvalue weighted by molar-refractivity contribution is 0.0159. The molecule has 18 heavy (non-hydrogen) atoms. The smallest absolute Gasteiger partial charge is 0.410 e. The van der Waals surface area contributed by atoms with Crippen LogP contribution in [0.2, 0.25) is 0 Å². The van der Waals surface area contributed by atoms with E-state index in [0.717, 1.165) is 23.4 Å². The molecule has 5 nitrogen and oxygen atoms in total. The molecule has 5 heteroatoms. The summed E-state index contributed by atoms with van der Waals surface area (Å²) < 4.78 is 5.44. The van der Waals surface area contributed by atoms with Crippen LogP contribution in [0, 0.1) is 6.92 Å². The van der Waals surface area contributed by atoms with Crippen molar-refractivity contribution in [1.29, 1.82) is 0 Å². The molecule has 1 aromatic heterocycles. The number of nitrogens with one attached hydrogen (secondary N) is 1. The number of fused-ring (bicyclic) bond motifs is 1. The Morgan fingerprint density at radius 2 is 2.17 bits per heavy atom. The number of amides is 1. The third-order valence-electron chi connectivity index (χ3n) is 3.18. The van der Waals surface area contributed by atoms with Gasteiger partial charge in [-0.05, 0) is 34.6 Å². The zero-order chi connectivity index (χ0) is 13.5. The maximum Gasteiger partial charge on any atom is 0.410 e. The number of aryl methyl sites for hydroxylation is 1. The molecular weight excluding hydrogens is 230 g/mol. The fourth-order valence-electron chi connectivity index (χ4n) is 2.38. The molecule has 1 aliphatic heterocycles. The van der Waals surface area contributed by atoms with Crippen LogP contribution in [0.1, 0.15) is 50.7 Å². The minimum Gasteiger partial charge on any atom is -0.444 e. The fourth-order valence-corrected chi connectivity index (χ4v) is 2.38. The van der Waals surface area contributed by atoms with Crippen LogP contribution >= 0.6 is 0 Å². The van der Waals surface area contributed by atoms with Gasteiger partial charge in [-0.2, -0.15) is 5.10 Å². The van der Waals surface area contributed by atoms with E-state index in [-0.39, 0.29) is 12.1 Å². The number of aromatic nitrogens is 2. The van der Waals surface area contributed by atoms with Crippen molar-refractivity contribution in [3.63, 3.8) is 0 Å². The van der Waals surface area contributed by atoms with Gasteiger partial charge in [0.25, 0.3) is 0 Å². The molecule has 0 aromatic carbocycles. The van der Waals surface area contributed by atoms with Crippen LogP contribution in [0.3, 0.4) is 0 Å². The van der Waals surface area contributed by atoms with E-state index in [0.29, 0.717) is 6.54 Å². The lowest BCUT2D eigenvalue weighted by atomic mass is 9.98. The summed E-state index contributed by atoms with van der Waals surface area (Å²) in [7, 11) is 0. The average Bonchev–Trinajstić information content (AvgIpc) is 2.58. The quantitative estimate of drug-likeness (QED) is 0.771. The second-order valence-electron chi connectivity index (χ2n) is 5.81. The Bertz CT molecular complexity index is 459. The summed E-state index contributed by atoms with van der Waals surface area (Å²) >= 11 is 0. The molecule has 1 aliphatic rings. The largest absolute Gasteiger partial charge is 0.444 e. The van der Waals surface area contributed by atoms with Crippen LogP contribution in [0.15, 0.2) is 0 Å². The maximum atomic E-state index is 12.1. The SMILES string of the molecule is Cc1[nH]nc2c1C(C)N(C(=O)OC(C)(C)C)CC2. The van der Waals surface area contributed by atoms with Gasteiger partial charge in [0.2, 0.25) is 0 Å². The first-order valence-electron chi connectivity index (χ1n) is 6.33. The highest BCUT2D eigenvalue weighted by molar-refractivity contribution is 5.69. The molecule has 1 amide bonds. The molecule has 0 spiro atoms. The number of aromatic amines is 1. The van der Waals surface area contributed by atoms with Crippen LogP contribution in [-0.4, -0.2) is 33.3 Å². The minimum atomic E-state index is -0.456. The Balaban J connectivity index is 2.19. The number of nitrogens with zero attached hydrogens (tertiary/aromatic N) is 2. The number of rotatable bonds is 0. The van der Waals surface area contributed by atoms with Gasteiger partial charge in [-0.3, -0.25) is 5.10 Å². The van der Waals surface area contributed by atoms with E-state index in [4.69, 9.17) is 4.74 Å². The Labute approximate surface area is 108 Å². The van der Waals surface area contributed by atoms with Gasteiger partial charge in [-0.25, -0.2) is 4.79 Å². The molecular formula is C13H21N3O2. The van der Waals surface area contributed by atoms with Crippen molar-refractivity contribution in [2.45, 2.75) is 52.7 Å². The van der Waals surface area contributed by atoms with E-state index >= 15 is 0 Å². The van der Waals surface area contributed by atoms with E-state index in [1.165, 1.54) is 0 Å². The van der Waals surface area contributed by atoms with Crippen molar-refractivity contribution >= 4 is 6.09 Å². The lowest BCUT2D eigenvalue weighted by Gasteiger charge is -2.34. The number of hydrogen-bond donors (Lipinski definition) is 1. The van der Waals surface area contributed by atoms with E-state index in [9.17, 15) is 4.79 Å². The summed E-state index contributed by atoms with van der Waals surface area (Å²) in [5.41, 5.74) is 2.78. The third-order valence-corrected chi connectivity index (χ3v) is 3.18. The number of hydrogen-bond acceptors (Lipinski definition) is 3. The summed E-state index contributed by atoms with van der Waals surface area (Å²) in [5, 5.41) is 7.26. The van der Waals surface area contributed by atoms with Crippen molar-refractivity contribution in [2.75, 3.05) is 6.54 Å². The number of ether oxygens (including phenoxy) is 1. The normalized spacial score (nSPS) is 19.6. The summed E-state index contributed by atoms with van der Waals surface area (Å²) in [6.07, 6.45) is 0.532. The topological polar surface area (TPSA) is 58.2 Å². The number of H-pyrrole nitrogens is 1. The Kier molecular flexibility index (Phi) is 3.09. The van der Waals surface area contributed by atoms with Gasteiger partial charge >= 0.3 is 6.09 Å². The van der Waals surface area contributed by atoms with Crippen molar-refractivity contribution in [3.8, 4) is 0 Å². The van der Waals surface area contributed by atoms with Gasteiger partial charge in [-0.1, -0.05) is 0 Å². The summed E-state index contributed by atoms with van der Waals surface area (Å²) in [6, 6.07) is 0.0161. The average molecular weight is 251 g/mol. The predicted octanol–water partition coefficient (Wildman–Crippen LogP) is 2.57. The van der Waals surface area contributed by atoms with Gasteiger partial charge < -0.3 is 9.64 Å². The lowest BCUT2D eigenvalue weighted by Crippen LogP contribution is -2.42. The van der Waals surface area contributed by atoms with E-state index in [1.807, 2.05) is 34.6 Å². The Morgan fingerprint density at radius 3 is 2.78 bits per heavy atom. The summed E-state index contributed by atoms with van der Waals surface area (Å²) in [5.74, 6) is 0. The Morgan fingerprint density at radius 1 is 1.50 bits per heavy atom. The van der Waals surface area contributed by atoms with Gasteiger partial charge in [-0.15, -0.1) is 0 Å². The highest BCUT2D eigenvalue weighted by Gasteiger charge is 2.33. The van der Waals surface area contributed by atoms with Crippen LogP contribution < -0.4 is 0 Å². The van der Waals surface area contributed by atoms with Crippen molar-refractivity contribution < 1.29 is 9.53 Å². The Hall–Kier alpha value is -1.52. The first-order chi connectivity index (χ1) is 8.29. The molecule has 0 aliphatic carbocycles. The van der Waals surface area contributed by atoms with Gasteiger partial charge in [0.05, 0.1) is 11.7 Å². The number of carbonyl (C=O) groups excluding carboxylic acids is 1. The molecule has 0 saturated carbocycles. The van der Waals surface area contributed by atoms with Crippen LogP contribution in [0.25, 0.3) is 0 Å². The molecule has 2 rings (SSSR count). The molecule has 1 aromatic rings. The highest BCUT2D eigenvalue weighted by atomic mass is 16.6. The summed E-state index contributed by atoms with van der Waals surface area (Å²) in [4.78, 5) is 13.9. The molecule has 1 atom stereocenters. The van der Waals surface area contributed by atoms with E-state index in [2.05, 4.69) is 10.2 Å². The molecule has 0 fully saturated rings. The predicted molar refractivity (Wildman–Crippen MR) is 68.4 cm³/mol. The second-order valence-corrected chi connectivity index (χ2v) is 5.81. The first-order valence-corrected chi connectivity index (χ1v) is 6.33. The van der Waals surface area contributed by atoms with Gasteiger partial charge in [0, 0.05) is 24.2 Å².